The van der Waals surface area contributed by atoms with Gasteiger partial charge in [0.25, 0.3) is 5.91 Å². The van der Waals surface area contributed by atoms with Crippen molar-refractivity contribution in [3.8, 4) is 11.5 Å². The van der Waals surface area contributed by atoms with Crippen molar-refractivity contribution in [2.24, 2.45) is 0 Å². The van der Waals surface area contributed by atoms with Gasteiger partial charge in [0.2, 0.25) is 5.91 Å². The lowest BCUT2D eigenvalue weighted by molar-refractivity contribution is -0.130. The van der Waals surface area contributed by atoms with Crippen LogP contribution in [0.3, 0.4) is 0 Å². The minimum Gasteiger partial charge on any atom is -0.484 e. The van der Waals surface area contributed by atoms with E-state index in [0.717, 1.165) is 0 Å². The first kappa shape index (κ1) is 20.9. The normalized spacial score (nSPS) is 10.8. The van der Waals surface area contributed by atoms with E-state index < -0.39 is 12.5 Å². The maximum Gasteiger partial charge on any atom is 0.387 e. The van der Waals surface area contributed by atoms with Gasteiger partial charge in [0.15, 0.2) is 6.61 Å². The number of rotatable bonds is 8. The van der Waals surface area contributed by atoms with Gasteiger partial charge in [0.1, 0.15) is 11.5 Å². The van der Waals surface area contributed by atoms with Crippen LogP contribution in [-0.2, 0) is 9.59 Å². The Kier molecular flexibility index (Phi) is 7.50. The predicted octanol–water partition coefficient (Wildman–Crippen LogP) is 3.41. The molecule has 0 radical (unpaired) electrons. The van der Waals surface area contributed by atoms with E-state index in [-0.39, 0.29) is 18.3 Å². The topological polar surface area (TPSA) is 67.9 Å². The molecule has 148 valence electrons. The molecule has 0 unspecified atom stereocenters. The Morgan fingerprint density at radius 3 is 2.43 bits per heavy atom. The number of hydrogen-bond acceptors (Lipinski definition) is 4. The summed E-state index contributed by atoms with van der Waals surface area (Å²) in [6.45, 7) is -3.03. The Morgan fingerprint density at radius 1 is 1.11 bits per heavy atom. The summed E-state index contributed by atoms with van der Waals surface area (Å²) >= 11 is 0. The molecule has 6 nitrogen and oxygen atoms in total. The first-order valence-electron chi connectivity index (χ1n) is 8.31. The third-order valence-corrected chi connectivity index (χ3v) is 3.53. The van der Waals surface area contributed by atoms with E-state index in [1.165, 1.54) is 23.1 Å². The summed E-state index contributed by atoms with van der Waals surface area (Å²) in [5.41, 5.74) is 0.866. The molecule has 2 aromatic rings. The van der Waals surface area contributed by atoms with E-state index in [2.05, 4.69) is 10.1 Å². The summed E-state index contributed by atoms with van der Waals surface area (Å²) in [5.74, 6) is -0.140. The van der Waals surface area contributed by atoms with E-state index in [1.807, 2.05) is 0 Å². The van der Waals surface area contributed by atoms with Gasteiger partial charge < -0.3 is 19.7 Å². The van der Waals surface area contributed by atoms with Crippen LogP contribution in [0.2, 0.25) is 0 Å². The van der Waals surface area contributed by atoms with Crippen LogP contribution < -0.4 is 14.8 Å². The average molecular weight is 390 g/mol. The lowest BCUT2D eigenvalue weighted by Crippen LogP contribution is -2.27. The summed E-state index contributed by atoms with van der Waals surface area (Å²) in [6.07, 6.45) is 2.60. The fraction of sp³-hybridized carbons (Fsp3) is 0.200. The first-order valence-corrected chi connectivity index (χ1v) is 8.31. The Hall–Kier alpha value is -3.42. The van der Waals surface area contributed by atoms with Gasteiger partial charge >= 0.3 is 6.61 Å². The smallest absolute Gasteiger partial charge is 0.387 e. The molecule has 0 saturated carbocycles. The highest BCUT2D eigenvalue weighted by atomic mass is 19.3. The maximum atomic E-state index is 12.4. The van der Waals surface area contributed by atoms with E-state index in [0.29, 0.717) is 17.0 Å². The summed E-state index contributed by atoms with van der Waals surface area (Å²) in [4.78, 5) is 24.9. The van der Waals surface area contributed by atoms with Crippen LogP contribution in [0.1, 0.15) is 5.56 Å². The SMILES string of the molecule is CN(C)C(=O)COc1ccc(NC(=O)/C=C/c2ccccc2OC(F)F)cc1. The van der Waals surface area contributed by atoms with Crippen molar-refractivity contribution >= 4 is 23.6 Å². The Balaban J connectivity index is 1.93. The van der Waals surface area contributed by atoms with E-state index in [9.17, 15) is 18.4 Å². The number of benzene rings is 2. The summed E-state index contributed by atoms with van der Waals surface area (Å²) in [5, 5.41) is 2.64. The number of anilines is 1. The molecule has 0 heterocycles. The molecule has 0 aromatic heterocycles. The highest BCUT2D eigenvalue weighted by molar-refractivity contribution is 6.02. The number of nitrogens with zero attached hydrogens (tertiary/aromatic N) is 1. The quantitative estimate of drug-likeness (QED) is 0.702. The van der Waals surface area contributed by atoms with Crippen molar-refractivity contribution in [2.45, 2.75) is 6.61 Å². The van der Waals surface area contributed by atoms with Gasteiger partial charge in [0.05, 0.1) is 0 Å². The zero-order valence-corrected chi connectivity index (χ0v) is 15.4. The molecule has 8 heteroatoms. The van der Waals surface area contributed by atoms with Crippen molar-refractivity contribution in [3.05, 3.63) is 60.2 Å². The van der Waals surface area contributed by atoms with Crippen molar-refractivity contribution in [3.63, 3.8) is 0 Å². The number of para-hydroxylation sites is 1. The summed E-state index contributed by atoms with van der Waals surface area (Å²) in [6, 6.07) is 12.6. The van der Waals surface area contributed by atoms with Crippen LogP contribution in [0.25, 0.3) is 6.08 Å². The molecule has 2 amide bonds. The van der Waals surface area contributed by atoms with Crippen LogP contribution in [0, 0.1) is 0 Å². The molecule has 0 aliphatic rings. The second kappa shape index (κ2) is 10.1. The van der Waals surface area contributed by atoms with E-state index in [4.69, 9.17) is 4.74 Å². The number of carbonyl (C=O) groups excluding carboxylic acids is 2. The largest absolute Gasteiger partial charge is 0.484 e. The lowest BCUT2D eigenvalue weighted by Gasteiger charge is -2.11. The fourth-order valence-corrected chi connectivity index (χ4v) is 2.08. The minimum atomic E-state index is -2.95. The number of hydrogen-bond donors (Lipinski definition) is 1. The van der Waals surface area contributed by atoms with Gasteiger partial charge in [-0.25, -0.2) is 0 Å². The number of halogens is 2. The third kappa shape index (κ3) is 6.71. The second-order valence-corrected chi connectivity index (χ2v) is 5.84. The van der Waals surface area contributed by atoms with Gasteiger partial charge in [0, 0.05) is 31.4 Å². The molecule has 2 aromatic carbocycles. The van der Waals surface area contributed by atoms with Gasteiger partial charge in [-0.05, 0) is 36.4 Å². The highest BCUT2D eigenvalue weighted by Crippen LogP contribution is 2.21. The molecule has 2 rings (SSSR count). The van der Waals surface area contributed by atoms with Crippen LogP contribution in [-0.4, -0.2) is 44.0 Å². The van der Waals surface area contributed by atoms with Crippen LogP contribution >= 0.6 is 0 Å². The maximum absolute atomic E-state index is 12.4. The zero-order chi connectivity index (χ0) is 20.5. The molecule has 0 bridgehead atoms. The standard InChI is InChI=1S/C20H20F2N2O4/c1-24(2)19(26)13-27-16-10-8-15(9-11-16)23-18(25)12-7-14-5-3-4-6-17(14)28-20(21)22/h3-12,20H,13H2,1-2H3,(H,23,25)/b12-7+. The summed E-state index contributed by atoms with van der Waals surface area (Å²) < 4.78 is 34.6. The molecule has 0 fully saturated rings. The Bertz CT molecular complexity index is 836. The van der Waals surface area contributed by atoms with Crippen LogP contribution in [0.4, 0.5) is 14.5 Å². The Morgan fingerprint density at radius 2 is 1.79 bits per heavy atom. The third-order valence-electron chi connectivity index (χ3n) is 3.53. The number of alkyl halides is 2. The number of likely N-dealkylation sites (N-methyl/N-ethyl adjacent to an activating group) is 1. The highest BCUT2D eigenvalue weighted by Gasteiger charge is 2.08. The number of amides is 2. The fourth-order valence-electron chi connectivity index (χ4n) is 2.08. The number of ether oxygens (including phenoxy) is 2. The van der Waals surface area contributed by atoms with Crippen molar-refractivity contribution in [1.82, 2.24) is 4.90 Å². The molecule has 0 atom stereocenters. The molecule has 28 heavy (non-hydrogen) atoms. The number of nitrogens with one attached hydrogen (secondary N) is 1. The Labute approximate surface area is 161 Å². The molecular formula is C20H20F2N2O4. The average Bonchev–Trinajstić information content (AvgIpc) is 2.66. The molecule has 0 spiro atoms. The van der Waals surface area contributed by atoms with E-state index in [1.54, 1.807) is 56.6 Å². The number of carbonyl (C=O) groups is 2. The van der Waals surface area contributed by atoms with Gasteiger partial charge in [-0.2, -0.15) is 8.78 Å². The monoisotopic (exact) mass is 390 g/mol. The van der Waals surface area contributed by atoms with Crippen LogP contribution in [0.5, 0.6) is 11.5 Å². The van der Waals surface area contributed by atoms with Crippen molar-refractivity contribution in [2.75, 3.05) is 26.0 Å². The molecule has 0 aliphatic carbocycles. The predicted molar refractivity (Wildman–Crippen MR) is 101 cm³/mol. The minimum absolute atomic E-state index is 0.0182. The zero-order valence-electron chi connectivity index (χ0n) is 15.4. The van der Waals surface area contributed by atoms with E-state index >= 15 is 0 Å². The molecule has 0 aliphatic heterocycles. The van der Waals surface area contributed by atoms with Crippen LogP contribution in [0.15, 0.2) is 54.6 Å². The molecular weight excluding hydrogens is 370 g/mol. The van der Waals surface area contributed by atoms with Gasteiger partial charge in [-0.3, -0.25) is 9.59 Å². The molecule has 0 saturated heterocycles. The lowest BCUT2D eigenvalue weighted by atomic mass is 10.2. The van der Waals surface area contributed by atoms with Gasteiger partial charge in [-0.1, -0.05) is 18.2 Å². The first-order chi connectivity index (χ1) is 13.3. The van der Waals surface area contributed by atoms with Gasteiger partial charge in [-0.15, -0.1) is 0 Å². The molecule has 1 N–H and O–H groups in total. The van der Waals surface area contributed by atoms with Crippen molar-refractivity contribution in [1.29, 1.82) is 0 Å². The second-order valence-electron chi connectivity index (χ2n) is 5.84. The summed E-state index contributed by atoms with van der Waals surface area (Å²) in [7, 11) is 3.27. The van der Waals surface area contributed by atoms with Crippen molar-refractivity contribution < 1.29 is 27.8 Å².